The van der Waals surface area contributed by atoms with E-state index in [9.17, 15) is 4.79 Å². The lowest BCUT2D eigenvalue weighted by Crippen LogP contribution is -2.01. The first-order valence-electron chi connectivity index (χ1n) is 6.53. The van der Waals surface area contributed by atoms with Gasteiger partial charge in [0.25, 0.3) is 0 Å². The average molecular weight is 279 g/mol. The van der Waals surface area contributed by atoms with Crippen LogP contribution in [-0.4, -0.2) is 4.98 Å². The summed E-state index contributed by atoms with van der Waals surface area (Å²) in [6.45, 7) is 0.481. The summed E-state index contributed by atoms with van der Waals surface area (Å²) in [6, 6.07) is 14.6. The van der Waals surface area contributed by atoms with E-state index in [1.165, 1.54) is 6.26 Å². The highest BCUT2D eigenvalue weighted by Gasteiger charge is 2.04. The van der Waals surface area contributed by atoms with Gasteiger partial charge < -0.3 is 9.15 Å². The Balaban J connectivity index is 1.73. The van der Waals surface area contributed by atoms with Crippen LogP contribution in [0.25, 0.3) is 11.1 Å². The van der Waals surface area contributed by atoms with Crippen LogP contribution >= 0.6 is 0 Å². The van der Waals surface area contributed by atoms with Crippen molar-refractivity contribution in [2.45, 2.75) is 6.61 Å². The minimum atomic E-state index is -0.344. The van der Waals surface area contributed by atoms with Crippen LogP contribution in [0.3, 0.4) is 0 Å². The first-order valence-corrected chi connectivity index (χ1v) is 6.53. The second kappa shape index (κ2) is 6.05. The molecule has 4 nitrogen and oxygen atoms in total. The normalized spacial score (nSPS) is 10.3. The fourth-order valence-electron chi connectivity index (χ4n) is 1.96. The van der Waals surface area contributed by atoms with E-state index in [4.69, 9.17) is 9.15 Å². The molecule has 3 aromatic rings. The maximum atomic E-state index is 11.6. The summed E-state index contributed by atoms with van der Waals surface area (Å²) in [6.07, 6.45) is 4.84. The number of hydrogen-bond acceptors (Lipinski definition) is 4. The molecule has 0 atom stereocenters. The number of nitrogens with zero attached hydrogens (tertiary/aromatic N) is 1. The molecule has 0 amide bonds. The van der Waals surface area contributed by atoms with Crippen LogP contribution < -0.4 is 10.4 Å². The van der Waals surface area contributed by atoms with Crippen LogP contribution in [0.2, 0.25) is 0 Å². The molecule has 0 fully saturated rings. The number of hydrogen-bond donors (Lipinski definition) is 0. The summed E-state index contributed by atoms with van der Waals surface area (Å²) >= 11 is 0. The summed E-state index contributed by atoms with van der Waals surface area (Å²) in [5.41, 5.74) is 2.06. The van der Waals surface area contributed by atoms with Gasteiger partial charge in [-0.2, -0.15) is 0 Å². The van der Waals surface area contributed by atoms with Crippen LogP contribution in [-0.2, 0) is 6.61 Å². The summed E-state index contributed by atoms with van der Waals surface area (Å²) in [5.74, 6) is 0.746. The fourth-order valence-corrected chi connectivity index (χ4v) is 1.96. The van der Waals surface area contributed by atoms with Gasteiger partial charge >= 0.3 is 5.63 Å². The maximum Gasteiger partial charge on any atom is 0.343 e. The zero-order valence-electron chi connectivity index (χ0n) is 11.2. The molecular weight excluding hydrogens is 266 g/mol. The Kier molecular flexibility index (Phi) is 3.78. The Bertz CT molecular complexity index is 764. The van der Waals surface area contributed by atoms with Crippen molar-refractivity contribution in [2.24, 2.45) is 0 Å². The Hall–Kier alpha value is -2.88. The molecule has 2 aromatic heterocycles. The highest BCUT2D eigenvalue weighted by atomic mass is 16.5. The average Bonchev–Trinajstić information content (AvgIpc) is 2.55. The predicted molar refractivity (Wildman–Crippen MR) is 79.0 cm³/mol. The molecule has 21 heavy (non-hydrogen) atoms. The molecule has 0 N–H and O–H groups in total. The van der Waals surface area contributed by atoms with E-state index < -0.39 is 0 Å². The van der Waals surface area contributed by atoms with E-state index in [0.29, 0.717) is 12.2 Å². The first kappa shape index (κ1) is 13.1. The Morgan fingerprint density at radius 3 is 2.48 bits per heavy atom. The molecule has 0 radical (unpaired) electrons. The van der Waals surface area contributed by atoms with Crippen molar-refractivity contribution < 1.29 is 9.15 Å². The van der Waals surface area contributed by atoms with Crippen molar-refractivity contribution in [1.29, 1.82) is 0 Å². The third-order valence-electron chi connectivity index (χ3n) is 3.06. The minimum Gasteiger partial charge on any atom is -0.489 e. The van der Waals surface area contributed by atoms with Gasteiger partial charge in [0.2, 0.25) is 0 Å². The van der Waals surface area contributed by atoms with E-state index in [2.05, 4.69) is 4.98 Å². The molecule has 0 aliphatic heterocycles. The molecule has 0 saturated heterocycles. The van der Waals surface area contributed by atoms with Gasteiger partial charge in [0.15, 0.2) is 0 Å². The molecule has 2 heterocycles. The van der Waals surface area contributed by atoms with Crippen molar-refractivity contribution in [3.63, 3.8) is 0 Å². The third-order valence-corrected chi connectivity index (χ3v) is 3.06. The molecule has 0 bridgehead atoms. The fraction of sp³-hybridized carbons (Fsp3) is 0.0588. The Morgan fingerprint density at radius 1 is 1.00 bits per heavy atom. The quantitative estimate of drug-likeness (QED) is 0.735. The molecule has 4 heteroatoms. The predicted octanol–water partition coefficient (Wildman–Crippen LogP) is 3.28. The van der Waals surface area contributed by atoms with E-state index in [-0.39, 0.29) is 5.63 Å². The van der Waals surface area contributed by atoms with Gasteiger partial charge in [0, 0.05) is 12.4 Å². The van der Waals surface area contributed by atoms with Crippen molar-refractivity contribution >= 4 is 0 Å². The van der Waals surface area contributed by atoms with Crippen molar-refractivity contribution in [1.82, 2.24) is 4.98 Å². The first-order chi connectivity index (χ1) is 10.3. The van der Waals surface area contributed by atoms with Gasteiger partial charge in [-0.15, -0.1) is 0 Å². The van der Waals surface area contributed by atoms with Crippen molar-refractivity contribution in [2.75, 3.05) is 0 Å². The molecule has 3 rings (SSSR count). The summed E-state index contributed by atoms with van der Waals surface area (Å²) in [4.78, 5) is 15.6. The van der Waals surface area contributed by atoms with Gasteiger partial charge in [-0.1, -0.05) is 12.1 Å². The summed E-state index contributed by atoms with van der Waals surface area (Å²) < 4.78 is 10.5. The van der Waals surface area contributed by atoms with Crippen LogP contribution in [0.1, 0.15) is 5.56 Å². The number of rotatable bonds is 4. The molecule has 1 aromatic carbocycles. The summed E-state index contributed by atoms with van der Waals surface area (Å²) in [7, 11) is 0. The Morgan fingerprint density at radius 2 is 1.76 bits per heavy atom. The van der Waals surface area contributed by atoms with Crippen molar-refractivity contribution in [3.05, 3.63) is 83.2 Å². The number of aromatic nitrogens is 1. The zero-order chi connectivity index (χ0) is 14.5. The summed E-state index contributed by atoms with van der Waals surface area (Å²) in [5, 5.41) is 0. The van der Waals surface area contributed by atoms with E-state index in [1.807, 2.05) is 36.4 Å². The Labute approximate surface area is 121 Å². The van der Waals surface area contributed by atoms with Gasteiger partial charge in [0.05, 0.1) is 11.8 Å². The van der Waals surface area contributed by atoms with Crippen molar-refractivity contribution in [3.8, 4) is 16.9 Å². The molecule has 0 spiro atoms. The van der Waals surface area contributed by atoms with E-state index in [1.54, 1.807) is 24.5 Å². The van der Waals surface area contributed by atoms with Crippen LogP contribution in [0.4, 0.5) is 0 Å². The highest BCUT2D eigenvalue weighted by Crippen LogP contribution is 2.20. The largest absolute Gasteiger partial charge is 0.489 e. The smallest absolute Gasteiger partial charge is 0.343 e. The van der Waals surface area contributed by atoms with Crippen LogP contribution in [0.5, 0.6) is 5.75 Å². The zero-order valence-corrected chi connectivity index (χ0v) is 11.2. The van der Waals surface area contributed by atoms with Gasteiger partial charge in [0.1, 0.15) is 12.4 Å². The number of pyridine rings is 1. The van der Waals surface area contributed by atoms with Gasteiger partial charge in [-0.3, -0.25) is 4.98 Å². The monoisotopic (exact) mass is 279 g/mol. The molecular formula is C17H13NO3. The second-order valence-electron chi connectivity index (χ2n) is 4.48. The minimum absolute atomic E-state index is 0.344. The van der Waals surface area contributed by atoms with Crippen LogP contribution in [0.15, 0.2) is 76.4 Å². The maximum absolute atomic E-state index is 11.6. The number of ether oxygens (including phenoxy) is 1. The lowest BCUT2D eigenvalue weighted by Gasteiger charge is -2.07. The molecule has 0 aliphatic carbocycles. The lowest BCUT2D eigenvalue weighted by atomic mass is 10.1. The van der Waals surface area contributed by atoms with Crippen LogP contribution in [0, 0.1) is 0 Å². The van der Waals surface area contributed by atoms with Gasteiger partial charge in [-0.25, -0.2) is 4.79 Å². The topological polar surface area (TPSA) is 52.3 Å². The third kappa shape index (κ3) is 3.17. The molecule has 0 saturated carbocycles. The standard InChI is InChI=1S/C17H13NO3/c19-17-16(2-1-11-20-17)14-3-5-15(6-4-14)21-12-13-7-9-18-10-8-13/h1-11H,12H2. The second-order valence-corrected chi connectivity index (χ2v) is 4.48. The van der Waals surface area contributed by atoms with Gasteiger partial charge in [-0.05, 0) is 47.5 Å². The highest BCUT2D eigenvalue weighted by molar-refractivity contribution is 5.62. The molecule has 0 aliphatic rings. The van der Waals surface area contributed by atoms with E-state index >= 15 is 0 Å². The SMILES string of the molecule is O=c1occcc1-c1ccc(OCc2ccncc2)cc1. The number of benzene rings is 1. The molecule has 0 unspecified atom stereocenters. The molecule has 104 valence electrons. The van der Waals surface area contributed by atoms with E-state index in [0.717, 1.165) is 16.9 Å². The lowest BCUT2D eigenvalue weighted by molar-refractivity contribution is 0.306.